The van der Waals surface area contributed by atoms with Crippen LogP contribution in [-0.4, -0.2) is 24.3 Å². The lowest BCUT2D eigenvalue weighted by molar-refractivity contribution is 1.22. The second kappa shape index (κ2) is 9.29. The van der Waals surface area contributed by atoms with Gasteiger partial charge in [-0.25, -0.2) is 19.9 Å². The first-order valence-electron chi connectivity index (χ1n) is 14.3. The third-order valence-electron chi connectivity index (χ3n) is 8.21. The van der Waals surface area contributed by atoms with Gasteiger partial charge in [-0.15, -0.1) is 0 Å². The van der Waals surface area contributed by atoms with E-state index in [0.717, 1.165) is 66.6 Å². The zero-order chi connectivity index (χ0) is 28.3. The van der Waals surface area contributed by atoms with Crippen molar-refractivity contribution in [1.29, 1.82) is 0 Å². The first-order chi connectivity index (χ1) is 21.3. The summed E-state index contributed by atoms with van der Waals surface area (Å²) < 4.78 is 2.13. The van der Waals surface area contributed by atoms with E-state index in [9.17, 15) is 0 Å². The van der Waals surface area contributed by atoms with Gasteiger partial charge in [0.1, 0.15) is 11.2 Å². The van der Waals surface area contributed by atoms with Gasteiger partial charge in [-0.05, 0) is 35.0 Å². The van der Waals surface area contributed by atoms with Gasteiger partial charge in [0, 0.05) is 33.7 Å². The number of hydrogen-bond acceptors (Lipinski definition) is 4. The first-order valence-corrected chi connectivity index (χ1v) is 14.3. The number of aromatic nitrogens is 5. The summed E-state index contributed by atoms with van der Waals surface area (Å²) in [5.41, 5.74) is 9.60. The van der Waals surface area contributed by atoms with E-state index in [0.29, 0.717) is 5.82 Å². The van der Waals surface area contributed by atoms with Crippen molar-refractivity contribution in [2.75, 3.05) is 0 Å². The SMILES string of the molecule is c1ccc2c(-c3nc(-c4ccc(-c5nc6ccccc6c6nc7ccccn7c56)cc4)nc4ccccc34)cccc2c1. The predicted molar refractivity (Wildman–Crippen MR) is 175 cm³/mol. The van der Waals surface area contributed by atoms with Crippen molar-refractivity contribution in [3.63, 3.8) is 0 Å². The molecule has 5 nitrogen and oxygen atoms in total. The van der Waals surface area contributed by atoms with Crippen molar-refractivity contribution in [1.82, 2.24) is 24.3 Å². The smallest absolute Gasteiger partial charge is 0.160 e. The number of pyridine rings is 2. The van der Waals surface area contributed by atoms with Crippen LogP contribution in [0.2, 0.25) is 0 Å². The molecule has 5 aromatic carbocycles. The van der Waals surface area contributed by atoms with Gasteiger partial charge in [0.15, 0.2) is 5.82 Å². The van der Waals surface area contributed by atoms with Gasteiger partial charge >= 0.3 is 0 Å². The Balaban J connectivity index is 1.23. The number of benzene rings is 5. The van der Waals surface area contributed by atoms with Crippen LogP contribution in [0.5, 0.6) is 0 Å². The maximum absolute atomic E-state index is 5.18. The largest absolute Gasteiger partial charge is 0.298 e. The summed E-state index contributed by atoms with van der Waals surface area (Å²) in [5, 5.41) is 4.45. The van der Waals surface area contributed by atoms with Crippen LogP contribution in [-0.2, 0) is 0 Å². The van der Waals surface area contributed by atoms with Crippen LogP contribution < -0.4 is 0 Å². The summed E-state index contributed by atoms with van der Waals surface area (Å²) in [5.74, 6) is 0.694. The Bertz CT molecular complexity index is 2510. The average Bonchev–Trinajstić information content (AvgIpc) is 3.47. The zero-order valence-corrected chi connectivity index (χ0v) is 23.0. The second-order valence-corrected chi connectivity index (χ2v) is 10.7. The Morgan fingerprint density at radius 1 is 0.442 bits per heavy atom. The fourth-order valence-corrected chi connectivity index (χ4v) is 6.18. The van der Waals surface area contributed by atoms with Gasteiger partial charge < -0.3 is 0 Å². The Kier molecular flexibility index (Phi) is 5.13. The number of nitrogens with zero attached hydrogens (tertiary/aromatic N) is 5. The molecular weight excluding hydrogens is 526 g/mol. The maximum atomic E-state index is 5.18. The first kappa shape index (κ1) is 23.7. The van der Waals surface area contributed by atoms with Crippen LogP contribution in [0.3, 0.4) is 0 Å². The summed E-state index contributed by atoms with van der Waals surface area (Å²) in [4.78, 5) is 20.3. The van der Waals surface area contributed by atoms with Crippen molar-refractivity contribution >= 4 is 49.3 Å². The maximum Gasteiger partial charge on any atom is 0.160 e. The van der Waals surface area contributed by atoms with Crippen molar-refractivity contribution in [2.24, 2.45) is 0 Å². The van der Waals surface area contributed by atoms with Gasteiger partial charge in [-0.1, -0.05) is 109 Å². The van der Waals surface area contributed by atoms with E-state index in [1.807, 2.05) is 48.5 Å². The third-order valence-corrected chi connectivity index (χ3v) is 8.21. The molecule has 4 heterocycles. The monoisotopic (exact) mass is 549 g/mol. The van der Waals surface area contributed by atoms with Crippen molar-refractivity contribution < 1.29 is 0 Å². The summed E-state index contributed by atoms with van der Waals surface area (Å²) in [7, 11) is 0. The van der Waals surface area contributed by atoms with Gasteiger partial charge in [0.05, 0.1) is 27.9 Å². The number of fused-ring (bicyclic) bond motifs is 7. The van der Waals surface area contributed by atoms with Crippen molar-refractivity contribution in [3.05, 3.63) is 140 Å². The molecule has 9 aromatic rings. The van der Waals surface area contributed by atoms with Crippen LogP contribution in [0.15, 0.2) is 140 Å². The Hall–Kier alpha value is -5.94. The minimum absolute atomic E-state index is 0.694. The quantitative estimate of drug-likeness (QED) is 0.220. The highest BCUT2D eigenvalue weighted by molar-refractivity contribution is 6.09. The van der Waals surface area contributed by atoms with E-state index in [2.05, 4.69) is 95.5 Å². The minimum atomic E-state index is 0.694. The molecular formula is C38H23N5. The average molecular weight is 550 g/mol. The van der Waals surface area contributed by atoms with Crippen molar-refractivity contribution in [3.8, 4) is 33.9 Å². The molecule has 0 aliphatic rings. The summed E-state index contributed by atoms with van der Waals surface area (Å²) >= 11 is 0. The summed E-state index contributed by atoms with van der Waals surface area (Å²) in [6.07, 6.45) is 2.05. The minimum Gasteiger partial charge on any atom is -0.298 e. The molecule has 0 fully saturated rings. The van der Waals surface area contributed by atoms with Gasteiger partial charge in [0.25, 0.3) is 0 Å². The fourth-order valence-electron chi connectivity index (χ4n) is 6.18. The lowest BCUT2D eigenvalue weighted by Crippen LogP contribution is -1.96. The molecule has 200 valence electrons. The van der Waals surface area contributed by atoms with E-state index in [-0.39, 0.29) is 0 Å². The standard InChI is InChI=1S/C38H23N5/c1-2-12-27-24(10-1)11-9-15-28(27)35-29-13-3-6-17-32(29)40-38(42-35)26-21-19-25(20-22-26)34-37-36(30-14-4-5-16-31(30)39-34)41-33-18-7-8-23-43(33)37/h1-23H. The molecule has 43 heavy (non-hydrogen) atoms. The molecule has 0 atom stereocenters. The summed E-state index contributed by atoms with van der Waals surface area (Å²) in [6, 6.07) is 45.8. The van der Waals surface area contributed by atoms with Gasteiger partial charge in [-0.2, -0.15) is 0 Å². The molecule has 9 rings (SSSR count). The van der Waals surface area contributed by atoms with Crippen LogP contribution in [0, 0.1) is 0 Å². The molecule has 0 bridgehead atoms. The van der Waals surface area contributed by atoms with E-state index < -0.39 is 0 Å². The van der Waals surface area contributed by atoms with Gasteiger partial charge in [-0.3, -0.25) is 4.40 Å². The fraction of sp³-hybridized carbons (Fsp3) is 0. The molecule has 0 N–H and O–H groups in total. The highest BCUT2D eigenvalue weighted by atomic mass is 15.0. The van der Waals surface area contributed by atoms with Crippen LogP contribution in [0.1, 0.15) is 0 Å². The molecule has 0 saturated heterocycles. The molecule has 0 aliphatic carbocycles. The highest BCUT2D eigenvalue weighted by Crippen LogP contribution is 2.36. The molecule has 0 aliphatic heterocycles. The van der Waals surface area contributed by atoms with Gasteiger partial charge in [0.2, 0.25) is 0 Å². The van der Waals surface area contributed by atoms with E-state index in [4.69, 9.17) is 19.9 Å². The Morgan fingerprint density at radius 3 is 1.98 bits per heavy atom. The predicted octanol–water partition coefficient (Wildman–Crippen LogP) is 9.13. The molecule has 0 unspecified atom stereocenters. The summed E-state index contributed by atoms with van der Waals surface area (Å²) in [6.45, 7) is 0. The third kappa shape index (κ3) is 3.72. The Morgan fingerprint density at radius 2 is 1.12 bits per heavy atom. The Labute approximate surface area is 246 Å². The zero-order valence-electron chi connectivity index (χ0n) is 23.0. The second-order valence-electron chi connectivity index (χ2n) is 10.7. The molecule has 0 spiro atoms. The van der Waals surface area contributed by atoms with E-state index in [1.54, 1.807) is 0 Å². The topological polar surface area (TPSA) is 56.0 Å². The molecule has 4 aromatic heterocycles. The highest BCUT2D eigenvalue weighted by Gasteiger charge is 2.17. The lowest BCUT2D eigenvalue weighted by Gasteiger charge is -2.12. The molecule has 0 saturated carbocycles. The van der Waals surface area contributed by atoms with Crippen molar-refractivity contribution in [2.45, 2.75) is 0 Å². The number of rotatable bonds is 3. The lowest BCUT2D eigenvalue weighted by atomic mass is 9.99. The van der Waals surface area contributed by atoms with E-state index >= 15 is 0 Å². The molecule has 5 heteroatoms. The van der Waals surface area contributed by atoms with E-state index in [1.165, 1.54) is 10.8 Å². The number of hydrogen-bond donors (Lipinski definition) is 0. The normalized spacial score (nSPS) is 11.7. The van der Waals surface area contributed by atoms with Crippen LogP contribution in [0.25, 0.3) is 83.2 Å². The number of imidazole rings is 1. The van der Waals surface area contributed by atoms with Crippen LogP contribution >= 0.6 is 0 Å². The molecule has 0 radical (unpaired) electrons. The number of para-hydroxylation sites is 2. The molecule has 0 amide bonds. The van der Waals surface area contributed by atoms with Crippen LogP contribution in [0.4, 0.5) is 0 Å².